The van der Waals surface area contributed by atoms with Crippen molar-refractivity contribution in [1.82, 2.24) is 5.16 Å². The largest absolute Gasteiger partial charge is 0.349 e. The fraction of sp³-hybridized carbons (Fsp3) is 0.0625. The summed E-state index contributed by atoms with van der Waals surface area (Å²) < 4.78 is 28.2. The molecular formula is C16H14N2O3S2. The van der Waals surface area contributed by atoms with Crippen LogP contribution in [0.25, 0.3) is 22.4 Å². The van der Waals surface area contributed by atoms with Crippen molar-refractivity contribution in [1.29, 1.82) is 0 Å². The fourth-order valence-electron chi connectivity index (χ4n) is 2.27. The maximum atomic E-state index is 11.4. The van der Waals surface area contributed by atoms with Crippen molar-refractivity contribution in [2.24, 2.45) is 5.14 Å². The van der Waals surface area contributed by atoms with Crippen molar-refractivity contribution in [3.8, 4) is 22.4 Å². The van der Waals surface area contributed by atoms with E-state index < -0.39 is 10.0 Å². The van der Waals surface area contributed by atoms with Crippen molar-refractivity contribution in [3.05, 3.63) is 54.6 Å². The molecule has 0 saturated carbocycles. The van der Waals surface area contributed by atoms with E-state index in [-0.39, 0.29) is 4.90 Å². The molecule has 0 fully saturated rings. The highest BCUT2D eigenvalue weighted by Crippen LogP contribution is 2.38. The number of rotatable bonds is 4. The molecule has 1 aromatic heterocycles. The molecule has 0 atom stereocenters. The second-order valence-electron chi connectivity index (χ2n) is 4.83. The molecule has 0 saturated heterocycles. The minimum atomic E-state index is -3.71. The van der Waals surface area contributed by atoms with Gasteiger partial charge in [-0.3, -0.25) is 0 Å². The zero-order valence-electron chi connectivity index (χ0n) is 12.3. The highest BCUT2D eigenvalue weighted by atomic mass is 32.2. The van der Waals surface area contributed by atoms with Gasteiger partial charge < -0.3 is 4.52 Å². The first kappa shape index (κ1) is 15.8. The first-order chi connectivity index (χ1) is 11.0. The van der Waals surface area contributed by atoms with Gasteiger partial charge in [-0.25, -0.2) is 13.6 Å². The Morgan fingerprint density at radius 2 is 1.65 bits per heavy atom. The minimum Gasteiger partial charge on any atom is -0.349 e. The standard InChI is InChI=1S/C16H14N2O3S2/c1-22-16-14(11-7-9-13(10-8-11)23(17,19)20)15(18-21-16)12-5-3-2-4-6-12/h2-10H,1H3,(H2,17,19,20). The third-order valence-corrected chi connectivity index (χ3v) is 4.94. The Morgan fingerprint density at radius 3 is 2.22 bits per heavy atom. The van der Waals surface area contributed by atoms with Crippen LogP contribution >= 0.6 is 11.8 Å². The van der Waals surface area contributed by atoms with E-state index in [0.29, 0.717) is 5.09 Å². The van der Waals surface area contributed by atoms with Gasteiger partial charge in [-0.05, 0) is 24.0 Å². The number of aromatic nitrogens is 1. The van der Waals surface area contributed by atoms with E-state index in [1.54, 1.807) is 12.1 Å². The molecule has 0 radical (unpaired) electrons. The average Bonchev–Trinajstić information content (AvgIpc) is 2.99. The molecule has 3 aromatic rings. The average molecular weight is 346 g/mol. The highest BCUT2D eigenvalue weighted by Gasteiger charge is 2.19. The highest BCUT2D eigenvalue weighted by molar-refractivity contribution is 7.98. The summed E-state index contributed by atoms with van der Waals surface area (Å²) in [6.07, 6.45) is 1.90. The Morgan fingerprint density at radius 1 is 1.00 bits per heavy atom. The first-order valence-electron chi connectivity index (χ1n) is 6.73. The van der Waals surface area contributed by atoms with E-state index in [1.807, 2.05) is 36.6 Å². The van der Waals surface area contributed by atoms with Crippen LogP contribution in [0, 0.1) is 0 Å². The molecule has 0 amide bonds. The van der Waals surface area contributed by atoms with Crippen molar-refractivity contribution >= 4 is 21.8 Å². The number of hydrogen-bond donors (Lipinski definition) is 1. The van der Waals surface area contributed by atoms with Crippen LogP contribution in [0.5, 0.6) is 0 Å². The molecule has 0 aliphatic rings. The lowest BCUT2D eigenvalue weighted by atomic mass is 10.0. The number of benzene rings is 2. The lowest BCUT2D eigenvalue weighted by Gasteiger charge is -2.05. The van der Waals surface area contributed by atoms with Crippen LogP contribution in [0.1, 0.15) is 0 Å². The predicted molar refractivity (Wildman–Crippen MR) is 90.5 cm³/mol. The Balaban J connectivity index is 2.14. The topological polar surface area (TPSA) is 86.2 Å². The van der Waals surface area contributed by atoms with Gasteiger partial charge in [-0.15, -0.1) is 0 Å². The number of nitrogens with two attached hydrogens (primary N) is 1. The van der Waals surface area contributed by atoms with Crippen LogP contribution in [0.4, 0.5) is 0 Å². The summed E-state index contributed by atoms with van der Waals surface area (Å²) in [5, 5.41) is 9.98. The van der Waals surface area contributed by atoms with Crippen molar-refractivity contribution in [2.45, 2.75) is 9.99 Å². The van der Waals surface area contributed by atoms with Gasteiger partial charge in [-0.1, -0.05) is 59.4 Å². The van der Waals surface area contributed by atoms with Crippen LogP contribution in [0.3, 0.4) is 0 Å². The Bertz CT molecular complexity index is 918. The molecule has 0 spiro atoms. The second kappa shape index (κ2) is 6.19. The Hall–Kier alpha value is -2.09. The van der Waals surface area contributed by atoms with E-state index in [2.05, 4.69) is 5.16 Å². The molecule has 3 rings (SSSR count). The summed E-state index contributed by atoms with van der Waals surface area (Å²) in [4.78, 5) is 0.0738. The predicted octanol–water partition coefficient (Wildman–Crippen LogP) is 3.38. The summed E-state index contributed by atoms with van der Waals surface area (Å²) >= 11 is 1.44. The normalized spacial score (nSPS) is 11.6. The zero-order valence-corrected chi connectivity index (χ0v) is 13.9. The molecule has 1 heterocycles. The maximum Gasteiger partial charge on any atom is 0.238 e. The van der Waals surface area contributed by atoms with Crippen molar-refractivity contribution in [2.75, 3.05) is 6.26 Å². The second-order valence-corrected chi connectivity index (χ2v) is 7.17. The van der Waals surface area contributed by atoms with E-state index in [4.69, 9.17) is 9.66 Å². The fourth-order valence-corrected chi connectivity index (χ4v) is 3.32. The van der Waals surface area contributed by atoms with Crippen molar-refractivity contribution in [3.63, 3.8) is 0 Å². The third-order valence-electron chi connectivity index (χ3n) is 3.36. The van der Waals surface area contributed by atoms with Gasteiger partial charge in [0.2, 0.25) is 15.1 Å². The molecular weight excluding hydrogens is 332 g/mol. The Kier molecular flexibility index (Phi) is 4.25. The number of thioether (sulfide) groups is 1. The lowest BCUT2D eigenvalue weighted by Crippen LogP contribution is -2.11. The molecule has 23 heavy (non-hydrogen) atoms. The molecule has 5 nitrogen and oxygen atoms in total. The van der Waals surface area contributed by atoms with Gasteiger partial charge in [0.1, 0.15) is 5.69 Å². The van der Waals surface area contributed by atoms with Gasteiger partial charge in [-0.2, -0.15) is 0 Å². The summed E-state index contributed by atoms with van der Waals surface area (Å²) in [6, 6.07) is 16.1. The zero-order chi connectivity index (χ0) is 16.4. The molecule has 2 aromatic carbocycles. The van der Waals surface area contributed by atoms with Gasteiger partial charge in [0.05, 0.1) is 10.5 Å². The van der Waals surface area contributed by atoms with Crippen LogP contribution < -0.4 is 5.14 Å². The van der Waals surface area contributed by atoms with Gasteiger partial charge in [0, 0.05) is 5.56 Å². The third kappa shape index (κ3) is 3.17. The first-order valence-corrected chi connectivity index (χ1v) is 9.50. The lowest BCUT2D eigenvalue weighted by molar-refractivity contribution is 0.353. The molecule has 2 N–H and O–H groups in total. The molecule has 0 bridgehead atoms. The maximum absolute atomic E-state index is 11.4. The SMILES string of the molecule is CSc1onc(-c2ccccc2)c1-c1ccc(S(N)(=O)=O)cc1. The summed E-state index contributed by atoms with van der Waals surface area (Å²) in [6.45, 7) is 0. The van der Waals surface area contributed by atoms with Crippen LogP contribution in [0.2, 0.25) is 0 Å². The minimum absolute atomic E-state index is 0.0738. The molecule has 0 aliphatic carbocycles. The number of primary sulfonamides is 1. The number of nitrogens with zero attached hydrogens (tertiary/aromatic N) is 1. The van der Waals surface area contributed by atoms with Gasteiger partial charge in [0.15, 0.2) is 0 Å². The molecule has 0 aliphatic heterocycles. The summed E-state index contributed by atoms with van der Waals surface area (Å²) in [5.74, 6) is 0. The van der Waals surface area contributed by atoms with E-state index in [0.717, 1.165) is 22.4 Å². The van der Waals surface area contributed by atoms with Crippen molar-refractivity contribution < 1.29 is 12.9 Å². The smallest absolute Gasteiger partial charge is 0.238 e. The summed E-state index contributed by atoms with van der Waals surface area (Å²) in [5.41, 5.74) is 3.31. The molecule has 118 valence electrons. The van der Waals surface area contributed by atoms with Gasteiger partial charge >= 0.3 is 0 Å². The quantitative estimate of drug-likeness (QED) is 0.732. The molecule has 7 heteroatoms. The van der Waals surface area contributed by atoms with E-state index in [9.17, 15) is 8.42 Å². The van der Waals surface area contributed by atoms with Crippen LogP contribution in [-0.4, -0.2) is 19.8 Å². The molecule has 0 unspecified atom stereocenters. The van der Waals surface area contributed by atoms with Gasteiger partial charge in [0.25, 0.3) is 0 Å². The number of sulfonamides is 1. The monoisotopic (exact) mass is 346 g/mol. The summed E-state index contributed by atoms with van der Waals surface area (Å²) in [7, 11) is -3.71. The van der Waals surface area contributed by atoms with E-state index in [1.165, 1.54) is 23.9 Å². The Labute approximate surface area is 138 Å². The number of hydrogen-bond acceptors (Lipinski definition) is 5. The van der Waals surface area contributed by atoms with E-state index >= 15 is 0 Å². The van der Waals surface area contributed by atoms with Crippen LogP contribution in [0.15, 0.2) is 69.1 Å². The van der Waals surface area contributed by atoms with Crippen LogP contribution in [-0.2, 0) is 10.0 Å².